The van der Waals surface area contributed by atoms with Crippen LogP contribution < -0.4 is 11.1 Å². The Morgan fingerprint density at radius 2 is 2.00 bits per heavy atom. The van der Waals surface area contributed by atoms with E-state index in [1.54, 1.807) is 37.2 Å². The van der Waals surface area contributed by atoms with Gasteiger partial charge < -0.3 is 21.1 Å². The van der Waals surface area contributed by atoms with Crippen molar-refractivity contribution in [3.63, 3.8) is 0 Å². The summed E-state index contributed by atoms with van der Waals surface area (Å²) in [6.07, 6.45) is 5.20. The summed E-state index contributed by atoms with van der Waals surface area (Å²) in [4.78, 5) is 13.8. The van der Waals surface area contributed by atoms with Gasteiger partial charge in [0.05, 0.1) is 17.7 Å². The molecule has 1 aliphatic carbocycles. The molecule has 5 heteroatoms. The lowest BCUT2D eigenvalue weighted by Crippen LogP contribution is -2.44. The van der Waals surface area contributed by atoms with Crippen molar-refractivity contribution < 1.29 is 9.90 Å². The SMILES string of the molecule is CN(C)C(=O)c1ccc(N)cc1NC1(CO)CCCCC1. The molecule has 0 radical (unpaired) electrons. The second kappa shape index (κ2) is 6.35. The maximum absolute atomic E-state index is 12.3. The third kappa shape index (κ3) is 3.47. The Bertz CT molecular complexity index is 508. The Morgan fingerprint density at radius 1 is 1.33 bits per heavy atom. The van der Waals surface area contributed by atoms with Gasteiger partial charge >= 0.3 is 0 Å². The molecule has 0 spiro atoms. The smallest absolute Gasteiger partial charge is 0.255 e. The van der Waals surface area contributed by atoms with E-state index >= 15 is 0 Å². The number of hydrogen-bond acceptors (Lipinski definition) is 4. The van der Waals surface area contributed by atoms with Crippen molar-refractivity contribution in [3.8, 4) is 0 Å². The molecule has 0 heterocycles. The molecule has 0 aromatic heterocycles. The van der Waals surface area contributed by atoms with Crippen LogP contribution in [0.5, 0.6) is 0 Å². The molecule has 0 atom stereocenters. The summed E-state index contributed by atoms with van der Waals surface area (Å²) >= 11 is 0. The number of nitrogens with two attached hydrogens (primary N) is 1. The van der Waals surface area contributed by atoms with E-state index < -0.39 is 0 Å². The molecule has 5 nitrogen and oxygen atoms in total. The number of nitrogen functional groups attached to an aromatic ring is 1. The topological polar surface area (TPSA) is 78.6 Å². The number of carbonyl (C=O) groups excluding carboxylic acids is 1. The summed E-state index contributed by atoms with van der Waals surface area (Å²) < 4.78 is 0. The Labute approximate surface area is 126 Å². The van der Waals surface area contributed by atoms with Gasteiger partial charge in [-0.15, -0.1) is 0 Å². The van der Waals surface area contributed by atoms with Crippen LogP contribution in [0.2, 0.25) is 0 Å². The van der Waals surface area contributed by atoms with Crippen LogP contribution in [0.3, 0.4) is 0 Å². The van der Waals surface area contributed by atoms with E-state index in [0.717, 1.165) is 25.7 Å². The number of carbonyl (C=O) groups is 1. The van der Waals surface area contributed by atoms with E-state index in [1.165, 1.54) is 6.42 Å². The number of aliphatic hydroxyl groups excluding tert-OH is 1. The van der Waals surface area contributed by atoms with E-state index in [0.29, 0.717) is 16.9 Å². The van der Waals surface area contributed by atoms with E-state index in [1.807, 2.05) is 0 Å². The number of hydrogen-bond donors (Lipinski definition) is 3. The molecule has 0 saturated heterocycles. The molecular formula is C16H25N3O2. The van der Waals surface area contributed by atoms with E-state index in [-0.39, 0.29) is 18.1 Å². The Kier molecular flexibility index (Phi) is 4.73. The maximum Gasteiger partial charge on any atom is 0.255 e. The lowest BCUT2D eigenvalue weighted by atomic mass is 9.82. The second-order valence-corrected chi connectivity index (χ2v) is 6.13. The first-order valence-electron chi connectivity index (χ1n) is 7.48. The third-order valence-electron chi connectivity index (χ3n) is 4.19. The number of benzene rings is 1. The maximum atomic E-state index is 12.3. The van der Waals surface area contributed by atoms with Gasteiger partial charge in [-0.1, -0.05) is 19.3 Å². The van der Waals surface area contributed by atoms with Gasteiger partial charge in [-0.2, -0.15) is 0 Å². The Morgan fingerprint density at radius 3 is 2.57 bits per heavy atom. The molecule has 1 aliphatic rings. The predicted molar refractivity (Wildman–Crippen MR) is 85.4 cm³/mol. The van der Waals surface area contributed by atoms with Gasteiger partial charge in [0.15, 0.2) is 0 Å². The molecule has 4 N–H and O–H groups in total. The third-order valence-corrected chi connectivity index (χ3v) is 4.19. The number of rotatable bonds is 4. The molecule has 1 amide bonds. The quantitative estimate of drug-likeness (QED) is 0.742. The molecule has 21 heavy (non-hydrogen) atoms. The van der Waals surface area contributed by atoms with Crippen LogP contribution in [0.15, 0.2) is 18.2 Å². The number of amides is 1. The fourth-order valence-electron chi connectivity index (χ4n) is 2.93. The number of anilines is 2. The van der Waals surface area contributed by atoms with Crippen LogP contribution in [0.1, 0.15) is 42.5 Å². The normalized spacial score (nSPS) is 17.3. The molecule has 116 valence electrons. The molecule has 1 fully saturated rings. The van der Waals surface area contributed by atoms with Gasteiger partial charge in [0.2, 0.25) is 0 Å². The number of nitrogens with one attached hydrogen (secondary N) is 1. The fourth-order valence-corrected chi connectivity index (χ4v) is 2.93. The molecule has 1 aromatic carbocycles. The standard InChI is InChI=1S/C16H25N3O2/c1-19(2)15(21)13-7-6-12(17)10-14(13)18-16(11-20)8-4-3-5-9-16/h6-7,10,18,20H,3-5,8-9,11,17H2,1-2H3. The van der Waals surface area contributed by atoms with Crippen LogP contribution in [-0.2, 0) is 0 Å². The highest BCUT2D eigenvalue weighted by molar-refractivity contribution is 6.00. The van der Waals surface area contributed by atoms with Crippen molar-refractivity contribution in [2.75, 3.05) is 31.8 Å². The molecule has 2 rings (SSSR count). The summed E-state index contributed by atoms with van der Waals surface area (Å²) in [5, 5.41) is 13.2. The monoisotopic (exact) mass is 291 g/mol. The average molecular weight is 291 g/mol. The predicted octanol–water partition coefficient (Wildman–Crippen LogP) is 2.08. The minimum Gasteiger partial charge on any atom is -0.399 e. The van der Waals surface area contributed by atoms with Crippen molar-refractivity contribution in [1.29, 1.82) is 0 Å². The van der Waals surface area contributed by atoms with Crippen molar-refractivity contribution in [1.82, 2.24) is 4.90 Å². The Balaban J connectivity index is 2.33. The zero-order chi connectivity index (χ0) is 15.5. The fraction of sp³-hybridized carbons (Fsp3) is 0.562. The lowest BCUT2D eigenvalue weighted by molar-refractivity contribution is 0.0828. The van der Waals surface area contributed by atoms with Gasteiger partial charge in [-0.05, 0) is 31.0 Å². The number of aliphatic hydroxyl groups is 1. The summed E-state index contributed by atoms with van der Waals surface area (Å²) in [6, 6.07) is 5.26. The van der Waals surface area contributed by atoms with Gasteiger partial charge in [-0.3, -0.25) is 4.79 Å². The van der Waals surface area contributed by atoms with E-state index in [2.05, 4.69) is 5.32 Å². The summed E-state index contributed by atoms with van der Waals surface area (Å²) in [6.45, 7) is 0.0669. The van der Waals surface area contributed by atoms with Crippen LogP contribution in [0.4, 0.5) is 11.4 Å². The van der Waals surface area contributed by atoms with Crippen molar-refractivity contribution in [2.45, 2.75) is 37.6 Å². The second-order valence-electron chi connectivity index (χ2n) is 6.13. The first-order chi connectivity index (χ1) is 9.97. The summed E-state index contributed by atoms with van der Waals surface area (Å²) in [5.74, 6) is -0.0681. The molecule has 0 bridgehead atoms. The van der Waals surface area contributed by atoms with Crippen LogP contribution in [-0.4, -0.2) is 42.2 Å². The first-order valence-corrected chi connectivity index (χ1v) is 7.48. The average Bonchev–Trinajstić information content (AvgIpc) is 2.47. The highest BCUT2D eigenvalue weighted by atomic mass is 16.3. The summed E-state index contributed by atoms with van der Waals surface area (Å²) in [5.41, 5.74) is 7.44. The van der Waals surface area contributed by atoms with Crippen LogP contribution in [0, 0.1) is 0 Å². The summed E-state index contributed by atoms with van der Waals surface area (Å²) in [7, 11) is 3.45. The van der Waals surface area contributed by atoms with Crippen LogP contribution >= 0.6 is 0 Å². The van der Waals surface area contributed by atoms with Crippen molar-refractivity contribution in [3.05, 3.63) is 23.8 Å². The number of nitrogens with zero attached hydrogens (tertiary/aromatic N) is 1. The largest absolute Gasteiger partial charge is 0.399 e. The molecule has 1 aromatic rings. The Hall–Kier alpha value is -1.75. The molecular weight excluding hydrogens is 266 g/mol. The molecule has 0 aliphatic heterocycles. The van der Waals surface area contributed by atoms with Crippen molar-refractivity contribution in [2.24, 2.45) is 0 Å². The minimum absolute atomic E-state index is 0.0669. The van der Waals surface area contributed by atoms with Gasteiger partial charge in [0, 0.05) is 25.5 Å². The van der Waals surface area contributed by atoms with Gasteiger partial charge in [0.1, 0.15) is 0 Å². The first kappa shape index (κ1) is 15.6. The van der Waals surface area contributed by atoms with E-state index in [9.17, 15) is 9.90 Å². The highest BCUT2D eigenvalue weighted by Crippen LogP contribution is 2.33. The minimum atomic E-state index is -0.340. The zero-order valence-corrected chi connectivity index (χ0v) is 12.9. The van der Waals surface area contributed by atoms with E-state index in [4.69, 9.17) is 5.73 Å². The zero-order valence-electron chi connectivity index (χ0n) is 12.9. The molecule has 1 saturated carbocycles. The van der Waals surface area contributed by atoms with Crippen molar-refractivity contribution >= 4 is 17.3 Å². The lowest BCUT2D eigenvalue weighted by Gasteiger charge is -2.38. The van der Waals surface area contributed by atoms with Crippen LogP contribution in [0.25, 0.3) is 0 Å². The van der Waals surface area contributed by atoms with Gasteiger partial charge in [-0.25, -0.2) is 0 Å². The molecule has 0 unspecified atom stereocenters. The highest BCUT2D eigenvalue weighted by Gasteiger charge is 2.32. The van der Waals surface area contributed by atoms with Gasteiger partial charge in [0.25, 0.3) is 5.91 Å².